The van der Waals surface area contributed by atoms with Crippen molar-refractivity contribution < 1.29 is 9.53 Å². The van der Waals surface area contributed by atoms with Crippen molar-refractivity contribution in [1.82, 2.24) is 15.5 Å². The highest BCUT2D eigenvalue weighted by atomic mass is 32.2. The topological polar surface area (TPSA) is 76.1 Å². The predicted molar refractivity (Wildman–Crippen MR) is 78.8 cm³/mol. The number of aromatic nitrogens is 2. The summed E-state index contributed by atoms with van der Waals surface area (Å²) in [6.45, 7) is 6.66. The number of methoxy groups -OCH3 is 1. The fourth-order valence-corrected chi connectivity index (χ4v) is 2.80. The molecule has 0 aliphatic carbocycles. The van der Waals surface area contributed by atoms with Gasteiger partial charge in [-0.15, -0.1) is 16.8 Å². The van der Waals surface area contributed by atoms with Crippen LogP contribution >= 0.6 is 23.1 Å². The molecule has 0 bridgehead atoms. The van der Waals surface area contributed by atoms with Crippen LogP contribution in [-0.4, -0.2) is 48.2 Å². The van der Waals surface area contributed by atoms with Gasteiger partial charge in [0, 0.05) is 19.7 Å². The van der Waals surface area contributed by atoms with Crippen LogP contribution in [0.5, 0.6) is 0 Å². The summed E-state index contributed by atoms with van der Waals surface area (Å²) < 4.78 is 5.71. The van der Waals surface area contributed by atoms with Gasteiger partial charge in [0.25, 0.3) is 0 Å². The van der Waals surface area contributed by atoms with Crippen molar-refractivity contribution in [3.05, 3.63) is 12.7 Å². The number of nitrogens with zero attached hydrogens (tertiary/aromatic N) is 2. The lowest BCUT2D eigenvalue weighted by Crippen LogP contribution is -2.36. The molecule has 0 radical (unpaired) electrons. The van der Waals surface area contributed by atoms with Gasteiger partial charge in [-0.2, -0.15) is 0 Å². The van der Waals surface area contributed by atoms with Gasteiger partial charge in [-0.05, 0) is 6.92 Å². The summed E-state index contributed by atoms with van der Waals surface area (Å²) in [4.78, 5) is 11.6. The third-order valence-electron chi connectivity index (χ3n) is 1.95. The lowest BCUT2D eigenvalue weighted by Gasteiger charge is -2.11. The monoisotopic (exact) mass is 302 g/mol. The molecule has 106 valence electrons. The maximum absolute atomic E-state index is 11.6. The Balaban J connectivity index is 2.29. The summed E-state index contributed by atoms with van der Waals surface area (Å²) in [6, 6.07) is 0.0114. The Morgan fingerprint density at radius 1 is 1.63 bits per heavy atom. The summed E-state index contributed by atoms with van der Waals surface area (Å²) in [7, 11) is 1.61. The molecular weight excluding hydrogens is 284 g/mol. The van der Waals surface area contributed by atoms with E-state index in [1.54, 1.807) is 13.2 Å². The molecule has 1 rings (SSSR count). The van der Waals surface area contributed by atoms with Crippen LogP contribution in [0.4, 0.5) is 5.13 Å². The van der Waals surface area contributed by atoms with E-state index in [9.17, 15) is 4.79 Å². The van der Waals surface area contributed by atoms with Gasteiger partial charge in [-0.1, -0.05) is 29.2 Å². The minimum atomic E-state index is -0.0367. The minimum Gasteiger partial charge on any atom is -0.383 e. The van der Waals surface area contributed by atoms with Crippen LogP contribution in [-0.2, 0) is 9.53 Å². The van der Waals surface area contributed by atoms with E-state index in [2.05, 4.69) is 27.4 Å². The first kappa shape index (κ1) is 15.9. The molecule has 1 amide bonds. The Morgan fingerprint density at radius 2 is 2.42 bits per heavy atom. The van der Waals surface area contributed by atoms with E-state index in [1.165, 1.54) is 23.1 Å². The van der Waals surface area contributed by atoms with Crippen LogP contribution in [0.2, 0.25) is 0 Å². The maximum Gasteiger partial charge on any atom is 0.230 e. The van der Waals surface area contributed by atoms with Gasteiger partial charge in [-0.3, -0.25) is 4.79 Å². The number of hydrogen-bond acceptors (Lipinski definition) is 7. The average Bonchev–Trinajstić information content (AvgIpc) is 2.82. The van der Waals surface area contributed by atoms with Crippen molar-refractivity contribution in [3.8, 4) is 0 Å². The summed E-state index contributed by atoms with van der Waals surface area (Å²) in [5.41, 5.74) is 0. The van der Waals surface area contributed by atoms with Crippen molar-refractivity contribution in [2.24, 2.45) is 0 Å². The number of carbonyl (C=O) groups excluding carboxylic acids is 1. The Morgan fingerprint density at radius 3 is 3.11 bits per heavy atom. The number of rotatable bonds is 9. The number of thioether (sulfide) groups is 1. The Labute approximate surface area is 121 Å². The van der Waals surface area contributed by atoms with Gasteiger partial charge in [0.05, 0.1) is 12.4 Å². The van der Waals surface area contributed by atoms with Crippen LogP contribution in [0.3, 0.4) is 0 Å². The lowest BCUT2D eigenvalue weighted by atomic mass is 10.3. The Kier molecular flexibility index (Phi) is 7.46. The van der Waals surface area contributed by atoms with Gasteiger partial charge in [-0.25, -0.2) is 0 Å². The summed E-state index contributed by atoms with van der Waals surface area (Å²) in [6.07, 6.45) is 1.75. The molecule has 1 heterocycles. The molecule has 0 aromatic carbocycles. The van der Waals surface area contributed by atoms with Crippen LogP contribution in [0.1, 0.15) is 6.92 Å². The van der Waals surface area contributed by atoms with Gasteiger partial charge >= 0.3 is 0 Å². The van der Waals surface area contributed by atoms with Crippen molar-refractivity contribution >= 4 is 34.1 Å². The van der Waals surface area contributed by atoms with E-state index in [1.807, 2.05) is 6.92 Å². The second kappa shape index (κ2) is 8.89. The van der Waals surface area contributed by atoms with Crippen LogP contribution in [0.15, 0.2) is 17.0 Å². The zero-order valence-corrected chi connectivity index (χ0v) is 12.6. The highest BCUT2D eigenvalue weighted by Gasteiger charge is 2.10. The molecule has 1 atom stereocenters. The van der Waals surface area contributed by atoms with Gasteiger partial charge in [0.1, 0.15) is 0 Å². The number of ether oxygens (including phenoxy) is 1. The zero-order chi connectivity index (χ0) is 14.1. The van der Waals surface area contributed by atoms with Crippen molar-refractivity contribution in [3.63, 3.8) is 0 Å². The van der Waals surface area contributed by atoms with Crippen molar-refractivity contribution in [2.45, 2.75) is 17.3 Å². The van der Waals surface area contributed by atoms with Gasteiger partial charge < -0.3 is 15.4 Å². The fourth-order valence-electron chi connectivity index (χ4n) is 1.23. The summed E-state index contributed by atoms with van der Waals surface area (Å²) >= 11 is 2.79. The number of anilines is 1. The lowest BCUT2D eigenvalue weighted by molar-refractivity contribution is -0.119. The number of nitrogens with one attached hydrogen (secondary N) is 2. The molecule has 8 heteroatoms. The van der Waals surface area contributed by atoms with Gasteiger partial charge in [0.2, 0.25) is 11.0 Å². The van der Waals surface area contributed by atoms with Gasteiger partial charge in [0.15, 0.2) is 4.34 Å². The average molecular weight is 302 g/mol. The first-order valence-electron chi connectivity index (χ1n) is 5.75. The molecule has 1 aromatic rings. The molecule has 0 aliphatic heterocycles. The molecule has 0 saturated carbocycles. The predicted octanol–water partition coefficient (Wildman–Crippen LogP) is 1.38. The number of hydrogen-bond donors (Lipinski definition) is 2. The zero-order valence-electron chi connectivity index (χ0n) is 11.0. The van der Waals surface area contributed by atoms with Crippen LogP contribution in [0, 0.1) is 0 Å². The molecule has 6 nitrogen and oxygen atoms in total. The molecule has 0 saturated heterocycles. The van der Waals surface area contributed by atoms with Crippen LogP contribution < -0.4 is 10.6 Å². The largest absolute Gasteiger partial charge is 0.383 e. The SMILES string of the molecule is C=CCNc1nnc(SCC(=O)NC(C)COC)s1. The van der Waals surface area contributed by atoms with Crippen molar-refractivity contribution in [2.75, 3.05) is 31.3 Å². The molecular formula is C11H18N4O2S2. The highest BCUT2D eigenvalue weighted by Crippen LogP contribution is 2.24. The quantitative estimate of drug-likeness (QED) is 0.530. The normalized spacial score (nSPS) is 11.9. The van der Waals surface area contributed by atoms with E-state index in [0.29, 0.717) is 18.9 Å². The fraction of sp³-hybridized carbons (Fsp3) is 0.545. The van der Waals surface area contributed by atoms with Crippen LogP contribution in [0.25, 0.3) is 0 Å². The van der Waals surface area contributed by atoms with E-state index < -0.39 is 0 Å². The summed E-state index contributed by atoms with van der Waals surface area (Å²) in [5, 5.41) is 14.6. The third kappa shape index (κ3) is 6.55. The van der Waals surface area contributed by atoms with Crippen molar-refractivity contribution in [1.29, 1.82) is 0 Å². The van der Waals surface area contributed by atoms with E-state index in [-0.39, 0.29) is 11.9 Å². The smallest absolute Gasteiger partial charge is 0.230 e. The molecule has 1 unspecified atom stereocenters. The molecule has 19 heavy (non-hydrogen) atoms. The summed E-state index contributed by atoms with van der Waals surface area (Å²) in [5.74, 6) is 0.287. The first-order chi connectivity index (χ1) is 9.15. The molecule has 0 fully saturated rings. The molecule has 0 aliphatic rings. The molecule has 2 N–H and O–H groups in total. The van der Waals surface area contributed by atoms with E-state index >= 15 is 0 Å². The number of amides is 1. The molecule has 0 spiro atoms. The van der Waals surface area contributed by atoms with E-state index in [4.69, 9.17) is 4.74 Å². The van der Waals surface area contributed by atoms with E-state index in [0.717, 1.165) is 9.47 Å². The Bertz CT molecular complexity index is 411. The second-order valence-corrected chi connectivity index (χ2v) is 5.96. The highest BCUT2D eigenvalue weighted by molar-refractivity contribution is 8.01. The Hall–Kier alpha value is -1.12. The second-order valence-electron chi connectivity index (χ2n) is 3.76. The third-order valence-corrected chi connectivity index (χ3v) is 3.97. The minimum absolute atomic E-state index is 0.0114. The number of carbonyl (C=O) groups is 1. The molecule has 1 aromatic heterocycles. The first-order valence-corrected chi connectivity index (χ1v) is 7.55. The standard InChI is InChI=1S/C11H18N4O2S2/c1-4-5-12-10-14-15-11(19-10)18-7-9(16)13-8(2)6-17-3/h4,8H,1,5-7H2,2-3H3,(H,12,14)(H,13,16). The maximum atomic E-state index is 11.6.